The molecule has 148 valence electrons. The van der Waals surface area contributed by atoms with Crippen molar-refractivity contribution < 1.29 is 9.53 Å². The van der Waals surface area contributed by atoms with Crippen molar-refractivity contribution >= 4 is 5.97 Å². The van der Waals surface area contributed by atoms with Crippen LogP contribution in [0.15, 0.2) is 12.8 Å². The molecule has 0 bridgehead atoms. The minimum Gasteiger partial charge on any atom is -0.465 e. The number of hydrogen-bond donors (Lipinski definition) is 1. The molecule has 0 radical (unpaired) electrons. The van der Waals surface area contributed by atoms with Gasteiger partial charge in [-0.15, -0.1) is 0 Å². The second-order valence-electron chi connectivity index (χ2n) is 7.22. The van der Waals surface area contributed by atoms with Crippen LogP contribution in [0.25, 0.3) is 0 Å². The van der Waals surface area contributed by atoms with Crippen LogP contribution in [0.2, 0.25) is 0 Å². The topological polar surface area (TPSA) is 38.3 Å². The second kappa shape index (κ2) is 19.3. The molecule has 0 saturated heterocycles. The Balaban J connectivity index is 3.93. The minimum atomic E-state index is -0.0487. The van der Waals surface area contributed by atoms with E-state index in [2.05, 4.69) is 25.7 Å². The van der Waals surface area contributed by atoms with Crippen LogP contribution in [-0.2, 0) is 9.53 Å². The second-order valence-corrected chi connectivity index (χ2v) is 7.22. The number of nitrogens with one attached hydrogen (secondary N) is 1. The number of unbranched alkanes of at least 4 members (excludes halogenated alkanes) is 8. The summed E-state index contributed by atoms with van der Waals surface area (Å²) >= 11 is 0. The van der Waals surface area contributed by atoms with Crippen molar-refractivity contribution in [2.24, 2.45) is 5.92 Å². The Morgan fingerprint density at radius 1 is 0.920 bits per heavy atom. The van der Waals surface area contributed by atoms with Crippen molar-refractivity contribution in [3.63, 3.8) is 0 Å². The van der Waals surface area contributed by atoms with Gasteiger partial charge >= 0.3 is 5.97 Å². The average molecular weight is 354 g/mol. The summed E-state index contributed by atoms with van der Waals surface area (Å²) in [6, 6.07) is 0. The quantitative estimate of drug-likeness (QED) is 0.216. The fourth-order valence-electron chi connectivity index (χ4n) is 3.10. The van der Waals surface area contributed by atoms with E-state index in [4.69, 9.17) is 4.74 Å². The Morgan fingerprint density at radius 2 is 1.48 bits per heavy atom. The van der Waals surface area contributed by atoms with Crippen molar-refractivity contribution in [1.82, 2.24) is 5.32 Å². The SMILES string of the molecule is C=CNCCCC(=O)OCC(CCCCCC)CCCCCCCC. The van der Waals surface area contributed by atoms with Crippen LogP contribution in [0, 0.1) is 5.92 Å². The zero-order valence-electron chi connectivity index (χ0n) is 17.0. The van der Waals surface area contributed by atoms with E-state index < -0.39 is 0 Å². The van der Waals surface area contributed by atoms with Gasteiger partial charge in [0.1, 0.15) is 0 Å². The lowest BCUT2D eigenvalue weighted by atomic mass is 9.95. The monoisotopic (exact) mass is 353 g/mol. The molecule has 1 unspecified atom stereocenters. The summed E-state index contributed by atoms with van der Waals surface area (Å²) in [7, 11) is 0. The Bertz CT molecular complexity index is 304. The van der Waals surface area contributed by atoms with Gasteiger partial charge in [-0.2, -0.15) is 0 Å². The van der Waals surface area contributed by atoms with Crippen molar-refractivity contribution in [1.29, 1.82) is 0 Å². The van der Waals surface area contributed by atoms with Crippen molar-refractivity contribution in [3.8, 4) is 0 Å². The zero-order valence-corrected chi connectivity index (χ0v) is 17.0. The van der Waals surface area contributed by atoms with Crippen molar-refractivity contribution in [3.05, 3.63) is 12.8 Å². The minimum absolute atomic E-state index is 0.0487. The molecular weight excluding hydrogens is 310 g/mol. The van der Waals surface area contributed by atoms with Crippen molar-refractivity contribution in [2.75, 3.05) is 13.2 Å². The van der Waals surface area contributed by atoms with Crippen LogP contribution in [0.1, 0.15) is 104 Å². The lowest BCUT2D eigenvalue weighted by Crippen LogP contribution is -2.16. The molecule has 0 aromatic carbocycles. The van der Waals surface area contributed by atoms with Gasteiger partial charge in [0.05, 0.1) is 6.61 Å². The van der Waals surface area contributed by atoms with E-state index in [-0.39, 0.29) is 5.97 Å². The molecule has 0 fully saturated rings. The van der Waals surface area contributed by atoms with Gasteiger partial charge in [0.25, 0.3) is 0 Å². The van der Waals surface area contributed by atoms with Crippen LogP contribution >= 0.6 is 0 Å². The Kier molecular flexibility index (Phi) is 18.6. The molecule has 25 heavy (non-hydrogen) atoms. The van der Waals surface area contributed by atoms with E-state index >= 15 is 0 Å². The first-order valence-corrected chi connectivity index (χ1v) is 10.7. The van der Waals surface area contributed by atoms with Gasteiger partial charge in [0.15, 0.2) is 0 Å². The Labute approximate surface area is 157 Å². The lowest BCUT2D eigenvalue weighted by molar-refractivity contribution is -0.145. The molecule has 0 aromatic rings. The van der Waals surface area contributed by atoms with Crippen LogP contribution < -0.4 is 5.32 Å². The molecule has 0 aliphatic carbocycles. The summed E-state index contributed by atoms with van der Waals surface area (Å²) < 4.78 is 5.54. The highest BCUT2D eigenvalue weighted by molar-refractivity contribution is 5.69. The molecule has 0 aliphatic heterocycles. The highest BCUT2D eigenvalue weighted by Crippen LogP contribution is 2.19. The predicted molar refractivity (Wildman–Crippen MR) is 109 cm³/mol. The van der Waals surface area contributed by atoms with E-state index in [0.29, 0.717) is 18.9 Å². The van der Waals surface area contributed by atoms with Crippen LogP contribution in [0.4, 0.5) is 0 Å². The molecule has 0 aliphatic rings. The molecular formula is C22H43NO2. The van der Waals surface area contributed by atoms with E-state index in [0.717, 1.165) is 13.0 Å². The van der Waals surface area contributed by atoms with Crippen LogP contribution in [0.3, 0.4) is 0 Å². The maximum atomic E-state index is 11.9. The van der Waals surface area contributed by atoms with E-state index in [9.17, 15) is 4.79 Å². The largest absolute Gasteiger partial charge is 0.465 e. The maximum absolute atomic E-state index is 11.9. The first-order valence-electron chi connectivity index (χ1n) is 10.7. The summed E-state index contributed by atoms with van der Waals surface area (Å²) in [5.74, 6) is 0.505. The third-order valence-corrected chi connectivity index (χ3v) is 4.76. The van der Waals surface area contributed by atoms with Gasteiger partial charge in [-0.3, -0.25) is 4.79 Å². The standard InChI is InChI=1S/C22H43NO2/c1-4-7-9-11-12-14-17-21(16-13-10-8-5-2)20-25-22(24)18-15-19-23-6-3/h6,21,23H,3-5,7-20H2,1-2H3. The van der Waals surface area contributed by atoms with Crippen LogP contribution in [0.5, 0.6) is 0 Å². The fourth-order valence-corrected chi connectivity index (χ4v) is 3.10. The highest BCUT2D eigenvalue weighted by Gasteiger charge is 2.12. The number of rotatable bonds is 19. The summed E-state index contributed by atoms with van der Waals surface area (Å²) in [5.41, 5.74) is 0. The highest BCUT2D eigenvalue weighted by atomic mass is 16.5. The van der Waals surface area contributed by atoms with E-state index in [1.165, 1.54) is 77.0 Å². The molecule has 3 nitrogen and oxygen atoms in total. The summed E-state index contributed by atoms with van der Waals surface area (Å²) in [5, 5.41) is 3.01. The maximum Gasteiger partial charge on any atom is 0.305 e. The normalized spacial score (nSPS) is 11.9. The number of ether oxygens (including phenoxy) is 1. The van der Waals surface area contributed by atoms with Gasteiger partial charge in [-0.1, -0.05) is 84.6 Å². The third-order valence-electron chi connectivity index (χ3n) is 4.76. The summed E-state index contributed by atoms with van der Waals surface area (Å²) in [6.07, 6.45) is 18.6. The number of hydrogen-bond acceptors (Lipinski definition) is 3. The fraction of sp³-hybridized carbons (Fsp3) is 0.864. The molecule has 1 atom stereocenters. The predicted octanol–water partition coefficient (Wildman–Crippen LogP) is 6.38. The van der Waals surface area contributed by atoms with Gasteiger partial charge in [0, 0.05) is 13.0 Å². The number of esters is 1. The first kappa shape index (κ1) is 24.0. The van der Waals surface area contributed by atoms with Gasteiger partial charge < -0.3 is 10.1 Å². The lowest BCUT2D eigenvalue weighted by Gasteiger charge is -2.17. The van der Waals surface area contributed by atoms with E-state index in [1.54, 1.807) is 6.20 Å². The smallest absolute Gasteiger partial charge is 0.305 e. The summed E-state index contributed by atoms with van der Waals surface area (Å²) in [6.45, 7) is 9.52. The van der Waals surface area contributed by atoms with Crippen molar-refractivity contribution in [2.45, 2.75) is 104 Å². The first-order chi connectivity index (χ1) is 12.2. The molecule has 0 spiro atoms. The van der Waals surface area contributed by atoms with E-state index in [1.807, 2.05) is 0 Å². The molecule has 0 saturated carbocycles. The molecule has 3 heteroatoms. The molecule has 0 aromatic heterocycles. The molecule has 1 N–H and O–H groups in total. The van der Waals surface area contributed by atoms with Gasteiger partial charge in [-0.05, 0) is 31.4 Å². The third kappa shape index (κ3) is 17.6. The van der Waals surface area contributed by atoms with Gasteiger partial charge in [-0.25, -0.2) is 0 Å². The Morgan fingerprint density at radius 3 is 2.08 bits per heavy atom. The van der Waals surface area contributed by atoms with Crippen LogP contribution in [-0.4, -0.2) is 19.1 Å². The molecule has 0 heterocycles. The molecule has 0 rings (SSSR count). The number of carbonyl (C=O) groups excluding carboxylic acids is 1. The average Bonchev–Trinajstić information content (AvgIpc) is 2.62. The molecule has 0 amide bonds. The van der Waals surface area contributed by atoms with Gasteiger partial charge in [0.2, 0.25) is 0 Å². The zero-order chi connectivity index (χ0) is 18.6. The summed E-state index contributed by atoms with van der Waals surface area (Å²) in [4.78, 5) is 11.9. The number of carbonyl (C=O) groups is 1. The Hall–Kier alpha value is -0.990.